The van der Waals surface area contributed by atoms with Crippen LogP contribution >= 0.6 is 27.5 Å². The summed E-state index contributed by atoms with van der Waals surface area (Å²) in [6, 6.07) is 0. The van der Waals surface area contributed by atoms with Crippen LogP contribution < -0.4 is 5.32 Å². The SMILES string of the molecule is ClCCCCCCNc1ncncc1Br. The fraction of sp³-hybridized carbons (Fsp3) is 0.600. The molecule has 0 aliphatic carbocycles. The second-order valence-corrected chi connectivity index (χ2v) is 4.48. The van der Waals surface area contributed by atoms with Crippen LogP contribution in [0.4, 0.5) is 5.82 Å². The summed E-state index contributed by atoms with van der Waals surface area (Å²) < 4.78 is 0.908. The van der Waals surface area contributed by atoms with Crippen molar-refractivity contribution in [3.8, 4) is 0 Å². The Balaban J connectivity index is 2.12. The Bertz CT molecular complexity index is 283. The summed E-state index contributed by atoms with van der Waals surface area (Å²) in [5.41, 5.74) is 0. The van der Waals surface area contributed by atoms with E-state index >= 15 is 0 Å². The fourth-order valence-corrected chi connectivity index (χ4v) is 1.77. The van der Waals surface area contributed by atoms with E-state index < -0.39 is 0 Å². The third-order valence-electron chi connectivity index (χ3n) is 2.02. The number of nitrogens with zero attached hydrogens (tertiary/aromatic N) is 2. The predicted octanol–water partition coefficient (Wildman–Crippen LogP) is 3.45. The van der Waals surface area contributed by atoms with Crippen LogP contribution in [0.25, 0.3) is 0 Å². The molecule has 84 valence electrons. The predicted molar refractivity (Wildman–Crippen MR) is 67.4 cm³/mol. The molecular formula is C10H15BrClN3. The van der Waals surface area contributed by atoms with Gasteiger partial charge in [0, 0.05) is 18.6 Å². The molecule has 0 unspecified atom stereocenters. The van der Waals surface area contributed by atoms with Gasteiger partial charge in [-0.05, 0) is 28.8 Å². The molecule has 0 fully saturated rings. The number of nitrogens with one attached hydrogen (secondary N) is 1. The van der Waals surface area contributed by atoms with Crippen molar-refractivity contribution in [3.63, 3.8) is 0 Å². The Labute approximate surface area is 104 Å². The number of hydrogen-bond donors (Lipinski definition) is 1. The summed E-state index contributed by atoms with van der Waals surface area (Å²) in [6.45, 7) is 0.942. The molecule has 1 heterocycles. The van der Waals surface area contributed by atoms with Crippen molar-refractivity contribution in [2.45, 2.75) is 25.7 Å². The smallest absolute Gasteiger partial charge is 0.143 e. The second-order valence-electron chi connectivity index (χ2n) is 3.25. The van der Waals surface area contributed by atoms with Gasteiger partial charge in [0.15, 0.2) is 0 Å². The lowest BCUT2D eigenvalue weighted by Gasteiger charge is -2.05. The van der Waals surface area contributed by atoms with Crippen molar-refractivity contribution < 1.29 is 0 Å². The van der Waals surface area contributed by atoms with Crippen LogP contribution in [0.5, 0.6) is 0 Å². The molecule has 0 aliphatic heterocycles. The van der Waals surface area contributed by atoms with Crippen molar-refractivity contribution in [3.05, 3.63) is 17.0 Å². The molecule has 0 atom stereocenters. The molecule has 1 N–H and O–H groups in total. The Morgan fingerprint density at radius 3 is 2.80 bits per heavy atom. The van der Waals surface area contributed by atoms with Crippen LogP contribution in [0.2, 0.25) is 0 Å². The highest BCUT2D eigenvalue weighted by Gasteiger charge is 1.98. The topological polar surface area (TPSA) is 37.8 Å². The lowest BCUT2D eigenvalue weighted by Crippen LogP contribution is -2.04. The van der Waals surface area contributed by atoms with Gasteiger partial charge in [0.25, 0.3) is 0 Å². The zero-order chi connectivity index (χ0) is 10.9. The fourth-order valence-electron chi connectivity index (χ4n) is 1.22. The molecule has 1 rings (SSSR count). The first-order chi connectivity index (χ1) is 7.34. The summed E-state index contributed by atoms with van der Waals surface area (Å²) >= 11 is 8.98. The maximum atomic E-state index is 5.59. The van der Waals surface area contributed by atoms with Gasteiger partial charge in [-0.15, -0.1) is 11.6 Å². The minimum Gasteiger partial charge on any atom is -0.369 e. The second kappa shape index (κ2) is 7.88. The number of unbranched alkanes of at least 4 members (excludes halogenated alkanes) is 3. The highest BCUT2D eigenvalue weighted by atomic mass is 79.9. The average Bonchev–Trinajstić information content (AvgIpc) is 2.25. The Morgan fingerprint density at radius 2 is 2.07 bits per heavy atom. The lowest BCUT2D eigenvalue weighted by atomic mass is 10.2. The summed E-state index contributed by atoms with van der Waals surface area (Å²) in [4.78, 5) is 8.02. The third kappa shape index (κ3) is 5.33. The zero-order valence-corrected chi connectivity index (χ0v) is 10.9. The van der Waals surface area contributed by atoms with Gasteiger partial charge in [0.05, 0.1) is 4.47 Å². The Morgan fingerprint density at radius 1 is 1.27 bits per heavy atom. The van der Waals surface area contributed by atoms with Crippen molar-refractivity contribution in [1.82, 2.24) is 9.97 Å². The van der Waals surface area contributed by atoms with Crippen LogP contribution in [-0.4, -0.2) is 22.4 Å². The Hall–Kier alpha value is -0.350. The van der Waals surface area contributed by atoms with Gasteiger partial charge in [0.2, 0.25) is 0 Å². The minimum absolute atomic E-state index is 0.769. The first kappa shape index (κ1) is 12.7. The molecule has 3 nitrogen and oxygen atoms in total. The van der Waals surface area contributed by atoms with Crippen LogP contribution in [0.15, 0.2) is 17.0 Å². The van der Waals surface area contributed by atoms with E-state index in [1.165, 1.54) is 12.8 Å². The number of aromatic nitrogens is 2. The molecule has 0 amide bonds. The molecule has 1 aromatic rings. The monoisotopic (exact) mass is 291 g/mol. The Kier molecular flexibility index (Phi) is 6.68. The summed E-state index contributed by atoms with van der Waals surface area (Å²) in [5.74, 6) is 1.63. The van der Waals surface area contributed by atoms with Gasteiger partial charge >= 0.3 is 0 Å². The van der Waals surface area contributed by atoms with E-state index in [4.69, 9.17) is 11.6 Å². The molecule has 0 spiro atoms. The first-order valence-corrected chi connectivity index (χ1v) is 6.42. The molecule has 0 saturated carbocycles. The molecule has 5 heteroatoms. The normalized spacial score (nSPS) is 10.3. The standard InChI is InChI=1S/C10H15BrClN3/c11-9-7-13-8-15-10(9)14-6-4-2-1-3-5-12/h7-8H,1-6H2,(H,13,14,15). The van der Waals surface area contributed by atoms with Gasteiger partial charge in [-0.3, -0.25) is 0 Å². The largest absolute Gasteiger partial charge is 0.369 e. The molecule has 0 bridgehead atoms. The van der Waals surface area contributed by atoms with Gasteiger partial charge in [-0.25, -0.2) is 9.97 Å². The van der Waals surface area contributed by atoms with Crippen molar-refractivity contribution in [2.75, 3.05) is 17.7 Å². The van der Waals surface area contributed by atoms with E-state index in [9.17, 15) is 0 Å². The van der Waals surface area contributed by atoms with E-state index in [1.54, 1.807) is 12.5 Å². The molecule has 0 aromatic carbocycles. The number of anilines is 1. The summed E-state index contributed by atoms with van der Waals surface area (Å²) in [5, 5.41) is 3.26. The quantitative estimate of drug-likeness (QED) is 0.618. The highest BCUT2D eigenvalue weighted by molar-refractivity contribution is 9.10. The molecule has 15 heavy (non-hydrogen) atoms. The number of rotatable bonds is 7. The highest BCUT2D eigenvalue weighted by Crippen LogP contribution is 2.16. The van der Waals surface area contributed by atoms with Crippen LogP contribution in [0.1, 0.15) is 25.7 Å². The lowest BCUT2D eigenvalue weighted by molar-refractivity contribution is 0.686. The summed E-state index contributed by atoms with van der Waals surface area (Å²) in [6.07, 6.45) is 7.95. The molecule has 1 aromatic heterocycles. The van der Waals surface area contributed by atoms with E-state index in [0.717, 1.165) is 35.6 Å². The van der Waals surface area contributed by atoms with Crippen LogP contribution in [-0.2, 0) is 0 Å². The van der Waals surface area contributed by atoms with E-state index in [1.807, 2.05) is 0 Å². The third-order valence-corrected chi connectivity index (χ3v) is 2.87. The van der Waals surface area contributed by atoms with Gasteiger partial charge in [-0.2, -0.15) is 0 Å². The summed E-state index contributed by atoms with van der Waals surface area (Å²) in [7, 11) is 0. The first-order valence-electron chi connectivity index (χ1n) is 5.10. The maximum Gasteiger partial charge on any atom is 0.143 e. The number of halogens is 2. The van der Waals surface area contributed by atoms with E-state index in [0.29, 0.717) is 0 Å². The zero-order valence-electron chi connectivity index (χ0n) is 8.55. The van der Waals surface area contributed by atoms with Crippen LogP contribution in [0.3, 0.4) is 0 Å². The van der Waals surface area contributed by atoms with E-state index in [-0.39, 0.29) is 0 Å². The van der Waals surface area contributed by atoms with Gasteiger partial charge < -0.3 is 5.32 Å². The van der Waals surface area contributed by atoms with Crippen LogP contribution in [0, 0.1) is 0 Å². The number of alkyl halides is 1. The molecule has 0 aliphatic rings. The molecular weight excluding hydrogens is 277 g/mol. The maximum absolute atomic E-state index is 5.59. The van der Waals surface area contributed by atoms with Gasteiger partial charge in [0.1, 0.15) is 12.1 Å². The van der Waals surface area contributed by atoms with Crippen molar-refractivity contribution in [1.29, 1.82) is 0 Å². The van der Waals surface area contributed by atoms with E-state index in [2.05, 4.69) is 31.2 Å². The van der Waals surface area contributed by atoms with Crippen molar-refractivity contribution >= 4 is 33.3 Å². The molecule has 0 radical (unpaired) electrons. The average molecular weight is 293 g/mol. The number of hydrogen-bond acceptors (Lipinski definition) is 3. The van der Waals surface area contributed by atoms with Gasteiger partial charge in [-0.1, -0.05) is 12.8 Å². The van der Waals surface area contributed by atoms with Crippen molar-refractivity contribution in [2.24, 2.45) is 0 Å². The molecule has 0 saturated heterocycles. The minimum atomic E-state index is 0.769.